The summed E-state index contributed by atoms with van der Waals surface area (Å²) in [6.07, 6.45) is 1.58. The fourth-order valence-corrected chi connectivity index (χ4v) is 4.02. The fraction of sp³-hybridized carbons (Fsp3) is 0.103. The molecule has 2 heterocycles. The summed E-state index contributed by atoms with van der Waals surface area (Å²) in [4.78, 5) is 29.1. The van der Waals surface area contributed by atoms with Crippen molar-refractivity contribution in [2.75, 3.05) is 0 Å². The Bertz CT molecular complexity index is 1570. The van der Waals surface area contributed by atoms with E-state index in [2.05, 4.69) is 15.4 Å². The molecule has 0 radical (unpaired) electrons. The van der Waals surface area contributed by atoms with Gasteiger partial charge < -0.3 is 15.2 Å². The number of imidazole rings is 1. The molecule has 0 saturated carbocycles. The second kappa shape index (κ2) is 11.1. The zero-order valence-corrected chi connectivity index (χ0v) is 20.9. The normalized spacial score (nSPS) is 11.7. The average Bonchev–Trinajstić information content (AvgIpc) is 3.37. The van der Waals surface area contributed by atoms with Crippen LogP contribution in [0, 0.1) is 0 Å². The molecule has 1 unspecified atom stereocenters. The lowest BCUT2D eigenvalue weighted by Crippen LogP contribution is -2.42. The van der Waals surface area contributed by atoms with Crippen LogP contribution in [0.1, 0.15) is 21.6 Å². The van der Waals surface area contributed by atoms with Crippen molar-refractivity contribution < 1.29 is 19.4 Å². The first kappa shape index (κ1) is 25.0. The molecule has 1 atom stereocenters. The Labute approximate surface area is 223 Å². The zero-order valence-electron chi connectivity index (χ0n) is 20.1. The van der Waals surface area contributed by atoms with E-state index >= 15 is 0 Å². The highest BCUT2D eigenvalue weighted by atomic mass is 35.5. The minimum Gasteiger partial charge on any atom is -0.489 e. The molecular weight excluding hydrogens is 504 g/mol. The van der Waals surface area contributed by atoms with Crippen LogP contribution >= 0.6 is 11.6 Å². The number of halogens is 1. The molecule has 190 valence electrons. The summed E-state index contributed by atoms with van der Waals surface area (Å²) in [5.41, 5.74) is 3.87. The predicted octanol–water partition coefficient (Wildman–Crippen LogP) is 5.05. The number of carboxylic acids is 1. The third-order valence-corrected chi connectivity index (χ3v) is 6.16. The fourth-order valence-electron chi connectivity index (χ4n) is 3.90. The van der Waals surface area contributed by atoms with Gasteiger partial charge in [-0.3, -0.25) is 4.79 Å². The first-order valence-electron chi connectivity index (χ1n) is 11.9. The van der Waals surface area contributed by atoms with Crippen molar-refractivity contribution in [2.24, 2.45) is 0 Å². The summed E-state index contributed by atoms with van der Waals surface area (Å²) in [6.45, 7) is 0.434. The molecule has 0 aliphatic heterocycles. The summed E-state index contributed by atoms with van der Waals surface area (Å²) >= 11 is 5.96. The Kier molecular flexibility index (Phi) is 7.33. The molecule has 0 aliphatic rings. The molecule has 0 fully saturated rings. The monoisotopic (exact) mass is 526 g/mol. The van der Waals surface area contributed by atoms with E-state index in [1.54, 1.807) is 48.5 Å². The maximum atomic E-state index is 12.9. The molecule has 2 N–H and O–H groups in total. The number of carboxylic acid groups (broad SMARTS) is 1. The molecule has 0 aliphatic carbocycles. The van der Waals surface area contributed by atoms with Crippen molar-refractivity contribution in [3.8, 4) is 17.0 Å². The second-order valence-corrected chi connectivity index (χ2v) is 9.08. The summed E-state index contributed by atoms with van der Waals surface area (Å²) in [6, 6.07) is 26.6. The SMILES string of the molecule is O=C(NC(Cc1ccc(OCc2ccccc2)cc1)C(=O)O)c1cn2nc(-c3ccc(Cl)cc3)ccc2n1. The molecule has 2 aromatic heterocycles. The van der Waals surface area contributed by atoms with Crippen LogP contribution in [0.4, 0.5) is 0 Å². The van der Waals surface area contributed by atoms with Gasteiger partial charge in [0.1, 0.15) is 24.1 Å². The number of benzene rings is 3. The zero-order chi connectivity index (χ0) is 26.5. The molecule has 0 bridgehead atoms. The van der Waals surface area contributed by atoms with E-state index in [4.69, 9.17) is 16.3 Å². The van der Waals surface area contributed by atoms with E-state index in [-0.39, 0.29) is 12.1 Å². The Hall–Kier alpha value is -4.69. The Morgan fingerprint density at radius 2 is 1.66 bits per heavy atom. The smallest absolute Gasteiger partial charge is 0.326 e. The van der Waals surface area contributed by atoms with Crippen LogP contribution in [0.3, 0.4) is 0 Å². The molecule has 9 heteroatoms. The number of carbonyl (C=O) groups excluding carboxylic acids is 1. The lowest BCUT2D eigenvalue weighted by molar-refractivity contribution is -0.139. The lowest BCUT2D eigenvalue weighted by Gasteiger charge is -2.14. The highest BCUT2D eigenvalue weighted by Gasteiger charge is 2.23. The van der Waals surface area contributed by atoms with Gasteiger partial charge in [-0.15, -0.1) is 0 Å². The molecule has 3 aromatic carbocycles. The lowest BCUT2D eigenvalue weighted by atomic mass is 10.1. The predicted molar refractivity (Wildman–Crippen MR) is 143 cm³/mol. The van der Waals surface area contributed by atoms with E-state index in [9.17, 15) is 14.7 Å². The minimum absolute atomic E-state index is 0.0710. The van der Waals surface area contributed by atoms with Gasteiger partial charge in [0, 0.05) is 17.0 Å². The van der Waals surface area contributed by atoms with Crippen LogP contribution < -0.4 is 10.1 Å². The van der Waals surface area contributed by atoms with Crippen molar-refractivity contribution in [2.45, 2.75) is 19.1 Å². The number of nitrogens with zero attached hydrogens (tertiary/aromatic N) is 3. The number of aliphatic carboxylic acids is 1. The van der Waals surface area contributed by atoms with Gasteiger partial charge in [-0.2, -0.15) is 5.10 Å². The number of hydrogen-bond acceptors (Lipinski definition) is 5. The van der Waals surface area contributed by atoms with Gasteiger partial charge in [-0.05, 0) is 47.5 Å². The number of fused-ring (bicyclic) bond motifs is 1. The van der Waals surface area contributed by atoms with Gasteiger partial charge >= 0.3 is 5.97 Å². The topological polar surface area (TPSA) is 106 Å². The number of aromatic nitrogens is 3. The van der Waals surface area contributed by atoms with E-state index in [1.165, 1.54) is 10.7 Å². The van der Waals surface area contributed by atoms with Crippen molar-refractivity contribution in [1.82, 2.24) is 19.9 Å². The number of rotatable bonds is 9. The Balaban J connectivity index is 1.24. The Morgan fingerprint density at radius 3 is 2.37 bits per heavy atom. The van der Waals surface area contributed by atoms with Crippen molar-refractivity contribution >= 4 is 29.1 Å². The largest absolute Gasteiger partial charge is 0.489 e. The van der Waals surface area contributed by atoms with Crippen LogP contribution in [0.25, 0.3) is 16.9 Å². The van der Waals surface area contributed by atoms with Crippen LogP contribution in [-0.2, 0) is 17.8 Å². The molecule has 38 heavy (non-hydrogen) atoms. The third kappa shape index (κ3) is 5.99. The maximum absolute atomic E-state index is 12.9. The summed E-state index contributed by atoms with van der Waals surface area (Å²) < 4.78 is 7.27. The highest BCUT2D eigenvalue weighted by molar-refractivity contribution is 6.30. The first-order chi connectivity index (χ1) is 18.4. The van der Waals surface area contributed by atoms with Crippen LogP contribution in [0.15, 0.2) is 97.2 Å². The first-order valence-corrected chi connectivity index (χ1v) is 12.2. The van der Waals surface area contributed by atoms with E-state index < -0.39 is 17.9 Å². The minimum atomic E-state index is -1.14. The van der Waals surface area contributed by atoms with Crippen molar-refractivity contribution in [3.63, 3.8) is 0 Å². The van der Waals surface area contributed by atoms with E-state index in [0.29, 0.717) is 28.7 Å². The van der Waals surface area contributed by atoms with Gasteiger partial charge in [0.2, 0.25) is 0 Å². The van der Waals surface area contributed by atoms with Gasteiger partial charge in [0.15, 0.2) is 5.65 Å². The molecule has 0 spiro atoms. The maximum Gasteiger partial charge on any atom is 0.326 e. The average molecular weight is 527 g/mol. The molecule has 0 saturated heterocycles. The number of carbonyl (C=O) groups is 2. The van der Waals surface area contributed by atoms with Gasteiger partial charge in [0.25, 0.3) is 5.91 Å². The summed E-state index contributed by atoms with van der Waals surface area (Å²) in [5, 5.41) is 17.4. The molecular formula is C29H23ClN4O4. The molecule has 5 rings (SSSR count). The van der Waals surface area contributed by atoms with Crippen molar-refractivity contribution in [3.05, 3.63) is 119 Å². The van der Waals surface area contributed by atoms with Crippen LogP contribution in [-0.4, -0.2) is 37.6 Å². The molecule has 1 amide bonds. The van der Waals surface area contributed by atoms with E-state index in [0.717, 1.165) is 16.7 Å². The van der Waals surface area contributed by atoms with Crippen LogP contribution in [0.5, 0.6) is 5.75 Å². The highest BCUT2D eigenvalue weighted by Crippen LogP contribution is 2.20. The number of amides is 1. The van der Waals surface area contributed by atoms with E-state index in [1.807, 2.05) is 42.5 Å². The van der Waals surface area contributed by atoms with Gasteiger partial charge in [-0.25, -0.2) is 14.3 Å². The number of ether oxygens (including phenoxy) is 1. The number of hydrogen-bond donors (Lipinski definition) is 2. The van der Waals surface area contributed by atoms with Gasteiger partial charge in [0.05, 0.1) is 11.9 Å². The number of nitrogens with one attached hydrogen (secondary N) is 1. The van der Waals surface area contributed by atoms with Crippen molar-refractivity contribution in [1.29, 1.82) is 0 Å². The molecule has 8 nitrogen and oxygen atoms in total. The quantitative estimate of drug-likeness (QED) is 0.278. The standard InChI is InChI=1S/C29H23ClN4O4/c30-22-10-8-21(9-11-22)24-14-15-27-31-26(17-34(27)33-24)28(35)32-25(29(36)37)16-19-6-12-23(13-7-19)38-18-20-4-2-1-3-5-20/h1-15,17,25H,16,18H2,(H,32,35)(H,36,37). The molecule has 5 aromatic rings. The van der Waals surface area contributed by atoms with Crippen LogP contribution in [0.2, 0.25) is 5.02 Å². The summed E-state index contributed by atoms with van der Waals surface area (Å²) in [5.74, 6) is -1.07. The summed E-state index contributed by atoms with van der Waals surface area (Å²) in [7, 11) is 0. The van der Waals surface area contributed by atoms with Gasteiger partial charge in [-0.1, -0.05) is 66.2 Å². The third-order valence-electron chi connectivity index (χ3n) is 5.91. The Morgan fingerprint density at radius 1 is 0.921 bits per heavy atom. The second-order valence-electron chi connectivity index (χ2n) is 8.64.